The normalized spacial score (nSPS) is 14.4. The summed E-state index contributed by atoms with van der Waals surface area (Å²) in [5.74, 6) is 0.257. The summed E-state index contributed by atoms with van der Waals surface area (Å²) in [4.78, 5) is 37.3. The maximum absolute atomic E-state index is 12.6. The second kappa shape index (κ2) is 10.4. The number of aryl methyl sites for hydroxylation is 1. The molecule has 2 aromatic rings. The molecular formula is C23H26N2O5. The number of carbonyl (C=O) groups is 3. The summed E-state index contributed by atoms with van der Waals surface area (Å²) in [6, 6.07) is 16.5. The van der Waals surface area contributed by atoms with Crippen molar-refractivity contribution in [1.29, 1.82) is 0 Å². The number of benzene rings is 2. The van der Waals surface area contributed by atoms with Crippen LogP contribution in [0.1, 0.15) is 36.9 Å². The Labute approximate surface area is 176 Å². The van der Waals surface area contributed by atoms with Gasteiger partial charge >= 0.3 is 6.09 Å². The van der Waals surface area contributed by atoms with E-state index in [9.17, 15) is 14.4 Å². The second-order valence-corrected chi connectivity index (χ2v) is 7.08. The molecular weight excluding hydrogens is 384 g/mol. The fourth-order valence-electron chi connectivity index (χ4n) is 3.16. The number of amides is 3. The van der Waals surface area contributed by atoms with Crippen LogP contribution in [0, 0.1) is 0 Å². The van der Waals surface area contributed by atoms with Gasteiger partial charge in [-0.3, -0.25) is 9.59 Å². The van der Waals surface area contributed by atoms with Gasteiger partial charge < -0.3 is 14.8 Å². The molecule has 0 aromatic heterocycles. The Bertz CT molecular complexity index is 851. The average molecular weight is 410 g/mol. The fraction of sp³-hybridized carbons (Fsp3) is 0.348. The fourth-order valence-corrected chi connectivity index (χ4v) is 3.16. The minimum absolute atomic E-state index is 0.0386. The first-order chi connectivity index (χ1) is 14.6. The van der Waals surface area contributed by atoms with Gasteiger partial charge in [-0.15, -0.1) is 0 Å². The van der Waals surface area contributed by atoms with Crippen molar-refractivity contribution < 1.29 is 23.9 Å². The van der Waals surface area contributed by atoms with Crippen molar-refractivity contribution >= 4 is 17.9 Å². The molecule has 1 saturated heterocycles. The maximum Gasteiger partial charge on any atom is 0.417 e. The van der Waals surface area contributed by atoms with Crippen molar-refractivity contribution in [3.8, 4) is 5.75 Å². The highest BCUT2D eigenvalue weighted by Crippen LogP contribution is 2.18. The lowest BCUT2D eigenvalue weighted by atomic mass is 10.1. The lowest BCUT2D eigenvalue weighted by molar-refractivity contribution is -0.127. The summed E-state index contributed by atoms with van der Waals surface area (Å²) in [6.07, 6.45) is 1.13. The van der Waals surface area contributed by atoms with Gasteiger partial charge in [0, 0.05) is 6.42 Å². The minimum atomic E-state index is -0.680. The van der Waals surface area contributed by atoms with Gasteiger partial charge in [-0.2, -0.15) is 0 Å². The summed E-state index contributed by atoms with van der Waals surface area (Å²) in [7, 11) is 0. The van der Waals surface area contributed by atoms with Crippen molar-refractivity contribution in [2.45, 2.75) is 32.2 Å². The quantitative estimate of drug-likeness (QED) is 0.650. The van der Waals surface area contributed by atoms with E-state index in [1.165, 1.54) is 0 Å². The first-order valence-corrected chi connectivity index (χ1v) is 10.1. The van der Waals surface area contributed by atoms with Crippen molar-refractivity contribution in [2.24, 2.45) is 0 Å². The molecule has 0 aliphatic carbocycles. The van der Waals surface area contributed by atoms with Gasteiger partial charge in [0.15, 0.2) is 6.61 Å². The van der Waals surface area contributed by atoms with Crippen molar-refractivity contribution in [2.75, 3.05) is 19.8 Å². The number of hydrogen-bond donors (Lipinski definition) is 1. The smallest absolute Gasteiger partial charge is 0.417 e. The molecule has 30 heavy (non-hydrogen) atoms. The molecule has 1 aliphatic rings. The lowest BCUT2D eigenvalue weighted by Gasteiger charge is -2.23. The van der Waals surface area contributed by atoms with E-state index >= 15 is 0 Å². The number of nitrogens with zero attached hydrogens (tertiary/aromatic N) is 1. The molecule has 0 radical (unpaired) electrons. The molecule has 158 valence electrons. The number of ether oxygens (including phenoxy) is 2. The molecule has 0 spiro atoms. The van der Waals surface area contributed by atoms with E-state index in [2.05, 4.69) is 12.2 Å². The topological polar surface area (TPSA) is 84.9 Å². The van der Waals surface area contributed by atoms with Gasteiger partial charge in [-0.05, 0) is 36.1 Å². The van der Waals surface area contributed by atoms with Crippen molar-refractivity contribution in [3.05, 3.63) is 65.7 Å². The van der Waals surface area contributed by atoms with Crippen LogP contribution in [-0.4, -0.2) is 42.6 Å². The number of hydrogen-bond acceptors (Lipinski definition) is 5. The van der Waals surface area contributed by atoms with E-state index in [0.717, 1.165) is 28.2 Å². The van der Waals surface area contributed by atoms with Crippen molar-refractivity contribution in [1.82, 2.24) is 10.2 Å². The zero-order valence-electron chi connectivity index (χ0n) is 17.0. The van der Waals surface area contributed by atoms with Crippen LogP contribution in [0.15, 0.2) is 54.6 Å². The summed E-state index contributed by atoms with van der Waals surface area (Å²) in [6.45, 7) is 2.51. The van der Waals surface area contributed by atoms with Crippen LogP contribution in [0.2, 0.25) is 0 Å². The van der Waals surface area contributed by atoms with Crippen LogP contribution >= 0.6 is 0 Å². The minimum Gasteiger partial charge on any atom is -0.494 e. The van der Waals surface area contributed by atoms with Gasteiger partial charge in [0.05, 0.1) is 19.2 Å². The van der Waals surface area contributed by atoms with E-state index in [4.69, 9.17) is 9.47 Å². The zero-order chi connectivity index (χ0) is 21.3. The van der Waals surface area contributed by atoms with Crippen molar-refractivity contribution in [3.63, 3.8) is 0 Å². The molecule has 7 heteroatoms. The molecule has 3 amide bonds. The average Bonchev–Trinajstić information content (AvgIpc) is 3.09. The van der Waals surface area contributed by atoms with E-state index in [-0.39, 0.29) is 25.5 Å². The van der Waals surface area contributed by atoms with E-state index < -0.39 is 18.0 Å². The van der Waals surface area contributed by atoms with Gasteiger partial charge in [-0.1, -0.05) is 49.4 Å². The van der Waals surface area contributed by atoms with E-state index in [0.29, 0.717) is 13.0 Å². The third kappa shape index (κ3) is 5.83. The van der Waals surface area contributed by atoms with Crippen LogP contribution in [0.4, 0.5) is 4.79 Å². The molecule has 0 saturated carbocycles. The monoisotopic (exact) mass is 410 g/mol. The van der Waals surface area contributed by atoms with Crippen LogP contribution in [0.3, 0.4) is 0 Å². The van der Waals surface area contributed by atoms with Crippen LogP contribution in [0.25, 0.3) is 0 Å². The first kappa shape index (κ1) is 21.4. The molecule has 1 heterocycles. The lowest BCUT2D eigenvalue weighted by Crippen LogP contribution is -2.40. The Morgan fingerprint density at radius 1 is 1.13 bits per heavy atom. The largest absolute Gasteiger partial charge is 0.494 e. The number of nitrogens with one attached hydrogen (secondary N) is 1. The number of rotatable bonds is 10. The predicted octanol–water partition coefficient (Wildman–Crippen LogP) is 3.24. The molecule has 1 N–H and O–H groups in total. The van der Waals surface area contributed by atoms with E-state index in [1.807, 2.05) is 54.6 Å². The summed E-state index contributed by atoms with van der Waals surface area (Å²) in [5.41, 5.74) is 1.85. The summed E-state index contributed by atoms with van der Waals surface area (Å²) < 4.78 is 10.3. The van der Waals surface area contributed by atoms with Gasteiger partial charge in [0.1, 0.15) is 5.75 Å². The number of cyclic esters (lactones) is 1. The highest BCUT2D eigenvalue weighted by atomic mass is 16.6. The third-order valence-electron chi connectivity index (χ3n) is 4.78. The molecule has 1 atom stereocenters. The molecule has 1 aliphatic heterocycles. The Hall–Kier alpha value is -3.35. The molecule has 0 bridgehead atoms. The SMILES string of the molecule is CCCOc1ccc(CCC(=O)NC(CN2C(=O)COC2=O)c2ccccc2)cc1. The molecule has 1 fully saturated rings. The Morgan fingerprint density at radius 2 is 1.87 bits per heavy atom. The summed E-state index contributed by atoms with van der Waals surface area (Å²) in [5, 5.41) is 2.95. The second-order valence-electron chi connectivity index (χ2n) is 7.08. The molecule has 7 nitrogen and oxygen atoms in total. The maximum atomic E-state index is 12.6. The van der Waals surface area contributed by atoms with Crippen LogP contribution < -0.4 is 10.1 Å². The molecule has 1 unspecified atom stereocenters. The van der Waals surface area contributed by atoms with Gasteiger partial charge in [0.2, 0.25) is 5.91 Å². The molecule has 2 aromatic carbocycles. The molecule has 3 rings (SSSR count). The Morgan fingerprint density at radius 3 is 2.50 bits per heavy atom. The third-order valence-corrected chi connectivity index (χ3v) is 4.78. The van der Waals surface area contributed by atoms with E-state index in [1.54, 1.807) is 0 Å². The highest BCUT2D eigenvalue weighted by molar-refractivity contribution is 5.97. The number of carbonyl (C=O) groups excluding carboxylic acids is 3. The van der Waals surface area contributed by atoms with Gasteiger partial charge in [-0.25, -0.2) is 9.69 Å². The van der Waals surface area contributed by atoms with Crippen LogP contribution in [-0.2, 0) is 20.7 Å². The van der Waals surface area contributed by atoms with Crippen LogP contribution in [0.5, 0.6) is 5.75 Å². The predicted molar refractivity (Wildman–Crippen MR) is 111 cm³/mol. The highest BCUT2D eigenvalue weighted by Gasteiger charge is 2.33. The summed E-state index contributed by atoms with van der Waals surface area (Å²) >= 11 is 0. The zero-order valence-corrected chi connectivity index (χ0v) is 17.0. The first-order valence-electron chi connectivity index (χ1n) is 10.1. The van der Waals surface area contributed by atoms with Gasteiger partial charge in [0.25, 0.3) is 5.91 Å². The standard InChI is InChI=1S/C23H26N2O5/c1-2-14-29-19-11-8-17(9-12-19)10-13-21(26)24-20(18-6-4-3-5-7-18)15-25-22(27)16-30-23(25)28/h3-9,11-12,20H,2,10,13-16H2,1H3,(H,24,26). The number of imide groups is 1. The Balaban J connectivity index is 1.59. The Kier molecular flexibility index (Phi) is 7.43.